The Bertz CT molecular complexity index is 540. The van der Waals surface area contributed by atoms with Crippen LogP contribution in [0, 0.1) is 6.92 Å². The van der Waals surface area contributed by atoms with Crippen molar-refractivity contribution in [1.82, 2.24) is 4.57 Å². The molecule has 0 N–H and O–H groups in total. The van der Waals surface area contributed by atoms with Crippen LogP contribution in [0.3, 0.4) is 0 Å². The number of rotatable bonds is 5. The molecular formula is C16H19NO. The predicted octanol–water partition coefficient (Wildman–Crippen LogP) is 3.83. The molecule has 18 heavy (non-hydrogen) atoms. The van der Waals surface area contributed by atoms with Crippen molar-refractivity contribution in [2.24, 2.45) is 0 Å². The fourth-order valence-electron chi connectivity index (χ4n) is 2.06. The normalized spacial score (nSPS) is 10.6. The summed E-state index contributed by atoms with van der Waals surface area (Å²) in [5.74, 6) is 0.237. The fraction of sp³-hybridized carbons (Fsp3) is 0.312. The van der Waals surface area contributed by atoms with Crippen LogP contribution in [0.25, 0.3) is 0 Å². The first kappa shape index (κ1) is 12.6. The molecule has 0 bridgehead atoms. The number of carbonyl (C=O) groups is 1. The second-order valence-electron chi connectivity index (χ2n) is 4.67. The molecule has 2 aromatic rings. The van der Waals surface area contributed by atoms with Gasteiger partial charge in [-0.25, -0.2) is 0 Å². The van der Waals surface area contributed by atoms with E-state index in [-0.39, 0.29) is 5.78 Å². The first-order valence-electron chi connectivity index (χ1n) is 6.44. The van der Waals surface area contributed by atoms with Crippen LogP contribution < -0.4 is 0 Å². The van der Waals surface area contributed by atoms with Gasteiger partial charge in [0.2, 0.25) is 0 Å². The Morgan fingerprint density at radius 3 is 2.72 bits per heavy atom. The van der Waals surface area contributed by atoms with Crippen LogP contribution in [-0.2, 0) is 6.54 Å². The third-order valence-electron chi connectivity index (χ3n) is 3.16. The highest BCUT2D eigenvalue weighted by Crippen LogP contribution is 2.12. The molecule has 0 aliphatic heterocycles. The number of ketones is 1. The van der Waals surface area contributed by atoms with Crippen LogP contribution in [0.1, 0.15) is 41.3 Å². The lowest BCUT2D eigenvalue weighted by molar-refractivity contribution is 0.0981. The zero-order valence-corrected chi connectivity index (χ0v) is 11.0. The van der Waals surface area contributed by atoms with Gasteiger partial charge in [0.1, 0.15) is 0 Å². The molecule has 0 saturated carbocycles. The largest absolute Gasteiger partial charge is 0.349 e. The van der Waals surface area contributed by atoms with Crippen molar-refractivity contribution < 1.29 is 4.79 Å². The van der Waals surface area contributed by atoms with Gasteiger partial charge >= 0.3 is 0 Å². The SMILES string of the molecule is CCCC(=O)c1ccn(Cc2ccccc2C)c1. The summed E-state index contributed by atoms with van der Waals surface area (Å²) in [6.07, 6.45) is 5.47. The van der Waals surface area contributed by atoms with E-state index in [0.717, 1.165) is 18.5 Å². The van der Waals surface area contributed by atoms with E-state index in [1.165, 1.54) is 11.1 Å². The van der Waals surface area contributed by atoms with Crippen molar-refractivity contribution in [3.05, 3.63) is 59.4 Å². The molecule has 0 atom stereocenters. The summed E-state index contributed by atoms with van der Waals surface area (Å²) >= 11 is 0. The van der Waals surface area contributed by atoms with E-state index >= 15 is 0 Å². The standard InChI is InChI=1S/C16H19NO/c1-3-6-16(18)15-9-10-17(12-15)11-14-8-5-4-7-13(14)2/h4-5,7-10,12H,3,6,11H2,1-2H3. The Balaban J connectivity index is 2.12. The lowest BCUT2D eigenvalue weighted by atomic mass is 10.1. The Hall–Kier alpha value is -1.83. The number of hydrogen-bond donors (Lipinski definition) is 0. The first-order valence-corrected chi connectivity index (χ1v) is 6.44. The molecule has 0 radical (unpaired) electrons. The van der Waals surface area contributed by atoms with Gasteiger partial charge in [-0.3, -0.25) is 4.79 Å². The summed E-state index contributed by atoms with van der Waals surface area (Å²) in [6.45, 7) is 4.97. The molecule has 0 spiro atoms. The van der Waals surface area contributed by atoms with E-state index in [1.807, 2.05) is 31.5 Å². The topological polar surface area (TPSA) is 22.0 Å². The highest BCUT2D eigenvalue weighted by Gasteiger charge is 2.06. The molecule has 0 amide bonds. The maximum Gasteiger partial charge on any atom is 0.164 e. The average Bonchev–Trinajstić information content (AvgIpc) is 2.81. The first-order chi connectivity index (χ1) is 8.70. The van der Waals surface area contributed by atoms with Crippen molar-refractivity contribution in [3.8, 4) is 0 Å². The molecule has 1 aromatic carbocycles. The van der Waals surface area contributed by atoms with E-state index in [2.05, 4.69) is 29.7 Å². The molecule has 2 heteroatoms. The van der Waals surface area contributed by atoms with Crippen LogP contribution in [0.15, 0.2) is 42.7 Å². The van der Waals surface area contributed by atoms with Crippen molar-refractivity contribution in [2.75, 3.05) is 0 Å². The number of nitrogens with zero attached hydrogens (tertiary/aromatic N) is 1. The summed E-state index contributed by atoms with van der Waals surface area (Å²) in [5, 5.41) is 0. The van der Waals surface area contributed by atoms with Crippen LogP contribution in [0.4, 0.5) is 0 Å². The van der Waals surface area contributed by atoms with Gasteiger partial charge in [0.15, 0.2) is 5.78 Å². The summed E-state index contributed by atoms with van der Waals surface area (Å²) in [6, 6.07) is 10.3. The molecule has 2 rings (SSSR count). The molecule has 0 aliphatic carbocycles. The highest BCUT2D eigenvalue weighted by molar-refractivity contribution is 5.95. The van der Waals surface area contributed by atoms with Gasteiger partial charge in [0, 0.05) is 30.9 Å². The Kier molecular flexibility index (Phi) is 3.98. The highest BCUT2D eigenvalue weighted by atomic mass is 16.1. The van der Waals surface area contributed by atoms with Gasteiger partial charge in [-0.15, -0.1) is 0 Å². The summed E-state index contributed by atoms with van der Waals surface area (Å²) < 4.78 is 2.07. The average molecular weight is 241 g/mol. The third kappa shape index (κ3) is 2.89. The Morgan fingerprint density at radius 2 is 2.00 bits per heavy atom. The number of aromatic nitrogens is 1. The van der Waals surface area contributed by atoms with Crippen LogP contribution in [0.5, 0.6) is 0 Å². The molecular weight excluding hydrogens is 222 g/mol. The smallest absolute Gasteiger partial charge is 0.164 e. The summed E-state index contributed by atoms with van der Waals surface area (Å²) in [7, 11) is 0. The number of hydrogen-bond acceptors (Lipinski definition) is 1. The molecule has 0 aliphatic rings. The van der Waals surface area contributed by atoms with Crippen molar-refractivity contribution in [2.45, 2.75) is 33.2 Å². The van der Waals surface area contributed by atoms with Gasteiger partial charge in [0.05, 0.1) is 0 Å². The Morgan fingerprint density at radius 1 is 1.22 bits per heavy atom. The van der Waals surface area contributed by atoms with Gasteiger partial charge in [-0.2, -0.15) is 0 Å². The van der Waals surface area contributed by atoms with E-state index < -0.39 is 0 Å². The van der Waals surface area contributed by atoms with Gasteiger partial charge in [-0.05, 0) is 30.5 Å². The van der Waals surface area contributed by atoms with E-state index in [0.29, 0.717) is 6.42 Å². The van der Waals surface area contributed by atoms with Gasteiger partial charge < -0.3 is 4.57 Å². The van der Waals surface area contributed by atoms with Crippen molar-refractivity contribution >= 4 is 5.78 Å². The summed E-state index contributed by atoms with van der Waals surface area (Å²) in [4.78, 5) is 11.8. The minimum absolute atomic E-state index is 0.237. The monoisotopic (exact) mass is 241 g/mol. The van der Waals surface area contributed by atoms with Crippen molar-refractivity contribution in [1.29, 1.82) is 0 Å². The van der Waals surface area contributed by atoms with E-state index in [4.69, 9.17) is 0 Å². The number of Topliss-reactive ketones (excluding diaryl/α,β-unsaturated/α-hetero) is 1. The second kappa shape index (κ2) is 5.67. The molecule has 2 nitrogen and oxygen atoms in total. The maximum absolute atomic E-state index is 11.8. The molecule has 0 unspecified atom stereocenters. The fourth-order valence-corrected chi connectivity index (χ4v) is 2.06. The van der Waals surface area contributed by atoms with Gasteiger partial charge in [0.25, 0.3) is 0 Å². The second-order valence-corrected chi connectivity index (χ2v) is 4.67. The Labute approximate surface area is 108 Å². The lowest BCUT2D eigenvalue weighted by Crippen LogP contribution is -2.00. The van der Waals surface area contributed by atoms with Crippen LogP contribution in [-0.4, -0.2) is 10.4 Å². The zero-order chi connectivity index (χ0) is 13.0. The van der Waals surface area contributed by atoms with E-state index in [9.17, 15) is 4.79 Å². The quantitative estimate of drug-likeness (QED) is 0.729. The predicted molar refractivity (Wildman–Crippen MR) is 74.0 cm³/mol. The molecule has 1 aromatic heterocycles. The lowest BCUT2D eigenvalue weighted by Gasteiger charge is -2.06. The minimum Gasteiger partial charge on any atom is -0.349 e. The molecule has 1 heterocycles. The zero-order valence-electron chi connectivity index (χ0n) is 11.0. The number of benzene rings is 1. The van der Waals surface area contributed by atoms with Crippen LogP contribution in [0.2, 0.25) is 0 Å². The maximum atomic E-state index is 11.8. The molecule has 0 saturated heterocycles. The molecule has 94 valence electrons. The van der Waals surface area contributed by atoms with Crippen molar-refractivity contribution in [3.63, 3.8) is 0 Å². The van der Waals surface area contributed by atoms with Gasteiger partial charge in [-0.1, -0.05) is 31.2 Å². The summed E-state index contributed by atoms with van der Waals surface area (Å²) in [5.41, 5.74) is 3.40. The number of carbonyl (C=O) groups excluding carboxylic acids is 1. The van der Waals surface area contributed by atoms with Crippen LogP contribution >= 0.6 is 0 Å². The number of aryl methyl sites for hydroxylation is 1. The minimum atomic E-state index is 0.237. The van der Waals surface area contributed by atoms with E-state index in [1.54, 1.807) is 0 Å². The molecule has 0 fully saturated rings. The third-order valence-corrected chi connectivity index (χ3v) is 3.16.